The van der Waals surface area contributed by atoms with Crippen molar-refractivity contribution in [3.8, 4) is 0 Å². The lowest BCUT2D eigenvalue weighted by atomic mass is 9.97. The molecule has 1 atom stereocenters. The van der Waals surface area contributed by atoms with Gasteiger partial charge in [0.2, 0.25) is 0 Å². The quantitative estimate of drug-likeness (QED) is 0.455. The van der Waals surface area contributed by atoms with Gasteiger partial charge in [0.15, 0.2) is 0 Å². The Morgan fingerprint density at radius 3 is 1.91 bits per heavy atom. The third-order valence-corrected chi connectivity index (χ3v) is 1.55. The SMILES string of the molecule is COC(=O)[C@H](C)C(=O)C(C)C. The van der Waals surface area contributed by atoms with E-state index in [4.69, 9.17) is 0 Å². The Hall–Kier alpha value is -0.860. The minimum absolute atomic E-state index is 0.0724. The highest BCUT2D eigenvalue weighted by Crippen LogP contribution is 2.07. The summed E-state index contributed by atoms with van der Waals surface area (Å²) in [5.74, 6) is -1.26. The number of hydrogen-bond donors (Lipinski definition) is 0. The molecule has 0 bridgehead atoms. The van der Waals surface area contributed by atoms with E-state index >= 15 is 0 Å². The van der Waals surface area contributed by atoms with Crippen molar-refractivity contribution in [3.63, 3.8) is 0 Å². The van der Waals surface area contributed by atoms with Crippen LogP contribution in [0.3, 0.4) is 0 Å². The number of ether oxygens (including phenoxy) is 1. The predicted molar refractivity (Wildman–Crippen MR) is 41.0 cm³/mol. The van der Waals surface area contributed by atoms with Gasteiger partial charge < -0.3 is 4.74 Å². The standard InChI is InChI=1S/C8H14O3/c1-5(2)7(9)6(3)8(10)11-4/h5-6H,1-4H3/t6-/m1/s1. The van der Waals surface area contributed by atoms with Crippen molar-refractivity contribution >= 4 is 11.8 Å². The number of rotatable bonds is 3. The van der Waals surface area contributed by atoms with Gasteiger partial charge in [-0.1, -0.05) is 13.8 Å². The molecule has 0 aromatic carbocycles. The van der Waals surface area contributed by atoms with Crippen molar-refractivity contribution in [2.45, 2.75) is 20.8 Å². The highest BCUT2D eigenvalue weighted by Gasteiger charge is 2.23. The van der Waals surface area contributed by atoms with Gasteiger partial charge in [-0.05, 0) is 6.92 Å². The van der Waals surface area contributed by atoms with Crippen molar-refractivity contribution in [1.29, 1.82) is 0 Å². The van der Waals surface area contributed by atoms with Gasteiger partial charge in [-0.2, -0.15) is 0 Å². The van der Waals surface area contributed by atoms with Crippen molar-refractivity contribution in [3.05, 3.63) is 0 Å². The Morgan fingerprint density at radius 1 is 1.18 bits per heavy atom. The lowest BCUT2D eigenvalue weighted by molar-refractivity contribution is -0.149. The largest absolute Gasteiger partial charge is 0.468 e. The molecule has 0 aromatic rings. The fraction of sp³-hybridized carbons (Fsp3) is 0.750. The molecule has 0 N–H and O–H groups in total. The zero-order valence-corrected chi connectivity index (χ0v) is 7.38. The first-order chi connectivity index (χ1) is 5.00. The summed E-state index contributed by atoms with van der Waals surface area (Å²) >= 11 is 0. The van der Waals surface area contributed by atoms with Gasteiger partial charge in [0.1, 0.15) is 11.7 Å². The second-order valence-electron chi connectivity index (χ2n) is 2.80. The van der Waals surface area contributed by atoms with Crippen LogP contribution >= 0.6 is 0 Å². The Kier molecular flexibility index (Phi) is 3.79. The van der Waals surface area contributed by atoms with E-state index < -0.39 is 11.9 Å². The molecule has 0 heterocycles. The van der Waals surface area contributed by atoms with Crippen molar-refractivity contribution in [1.82, 2.24) is 0 Å². The third-order valence-electron chi connectivity index (χ3n) is 1.55. The number of Topliss-reactive ketones (excluding diaryl/α,β-unsaturated/α-hetero) is 1. The van der Waals surface area contributed by atoms with E-state index in [1.807, 2.05) is 0 Å². The molecule has 0 aromatic heterocycles. The first-order valence-corrected chi connectivity index (χ1v) is 3.62. The van der Waals surface area contributed by atoms with Gasteiger partial charge in [-0.15, -0.1) is 0 Å². The van der Waals surface area contributed by atoms with Crippen LogP contribution in [-0.4, -0.2) is 18.9 Å². The van der Waals surface area contributed by atoms with E-state index in [-0.39, 0.29) is 11.7 Å². The summed E-state index contributed by atoms with van der Waals surface area (Å²) in [6.45, 7) is 5.09. The van der Waals surface area contributed by atoms with E-state index in [9.17, 15) is 9.59 Å². The molecule has 0 aliphatic rings. The summed E-state index contributed by atoms with van der Waals surface area (Å²) in [6.07, 6.45) is 0. The van der Waals surface area contributed by atoms with E-state index in [1.54, 1.807) is 20.8 Å². The number of esters is 1. The maximum Gasteiger partial charge on any atom is 0.315 e. The molecule has 0 radical (unpaired) electrons. The predicted octanol–water partition coefficient (Wildman–Crippen LogP) is 1.02. The van der Waals surface area contributed by atoms with Crippen LogP contribution in [0.1, 0.15) is 20.8 Å². The van der Waals surface area contributed by atoms with E-state index in [1.165, 1.54) is 7.11 Å². The molecule has 3 nitrogen and oxygen atoms in total. The van der Waals surface area contributed by atoms with Crippen LogP contribution in [0.5, 0.6) is 0 Å². The Bertz CT molecular complexity index is 161. The minimum Gasteiger partial charge on any atom is -0.468 e. The Morgan fingerprint density at radius 2 is 1.64 bits per heavy atom. The molecule has 64 valence electrons. The van der Waals surface area contributed by atoms with Crippen LogP contribution in [0.4, 0.5) is 0 Å². The summed E-state index contributed by atoms with van der Waals surface area (Å²) in [4.78, 5) is 22.0. The summed E-state index contributed by atoms with van der Waals surface area (Å²) in [7, 11) is 1.28. The molecule has 0 aliphatic heterocycles. The van der Waals surface area contributed by atoms with Gasteiger partial charge in [0.05, 0.1) is 7.11 Å². The maximum atomic E-state index is 11.1. The van der Waals surface area contributed by atoms with Crippen molar-refractivity contribution in [2.75, 3.05) is 7.11 Å². The van der Waals surface area contributed by atoms with Crippen LogP contribution in [-0.2, 0) is 14.3 Å². The fourth-order valence-electron chi connectivity index (χ4n) is 0.793. The van der Waals surface area contributed by atoms with Crippen LogP contribution in [0.2, 0.25) is 0 Å². The van der Waals surface area contributed by atoms with Crippen LogP contribution in [0.15, 0.2) is 0 Å². The summed E-state index contributed by atoms with van der Waals surface area (Å²) < 4.78 is 4.42. The number of ketones is 1. The zero-order chi connectivity index (χ0) is 9.02. The first kappa shape index (κ1) is 10.1. The highest BCUT2D eigenvalue weighted by atomic mass is 16.5. The molecule has 0 rings (SSSR count). The molecular formula is C8H14O3. The molecule has 0 aliphatic carbocycles. The molecule has 0 spiro atoms. The fourth-order valence-corrected chi connectivity index (χ4v) is 0.793. The Labute approximate surface area is 66.7 Å². The molecule has 0 fully saturated rings. The monoisotopic (exact) mass is 158 g/mol. The first-order valence-electron chi connectivity index (χ1n) is 3.62. The molecule has 0 amide bonds. The number of hydrogen-bond acceptors (Lipinski definition) is 3. The van der Waals surface area contributed by atoms with Gasteiger partial charge in [-0.3, -0.25) is 9.59 Å². The van der Waals surface area contributed by atoms with Crippen LogP contribution in [0, 0.1) is 11.8 Å². The summed E-state index contributed by atoms with van der Waals surface area (Å²) in [6, 6.07) is 0. The van der Waals surface area contributed by atoms with E-state index in [2.05, 4.69) is 4.74 Å². The highest BCUT2D eigenvalue weighted by molar-refractivity contribution is 5.99. The smallest absolute Gasteiger partial charge is 0.315 e. The second kappa shape index (κ2) is 4.11. The zero-order valence-electron chi connectivity index (χ0n) is 7.38. The molecule has 0 saturated carbocycles. The third kappa shape index (κ3) is 2.70. The van der Waals surface area contributed by atoms with Gasteiger partial charge in [0.25, 0.3) is 0 Å². The van der Waals surface area contributed by atoms with Crippen molar-refractivity contribution in [2.24, 2.45) is 11.8 Å². The average molecular weight is 158 g/mol. The van der Waals surface area contributed by atoms with Crippen molar-refractivity contribution < 1.29 is 14.3 Å². The molecular weight excluding hydrogens is 144 g/mol. The Balaban J connectivity index is 4.13. The maximum absolute atomic E-state index is 11.1. The van der Waals surface area contributed by atoms with E-state index in [0.29, 0.717) is 0 Å². The summed E-state index contributed by atoms with van der Waals surface area (Å²) in [5.41, 5.74) is 0. The molecule has 3 heteroatoms. The van der Waals surface area contributed by atoms with Gasteiger partial charge in [-0.25, -0.2) is 0 Å². The molecule has 0 saturated heterocycles. The van der Waals surface area contributed by atoms with E-state index in [0.717, 1.165) is 0 Å². The topological polar surface area (TPSA) is 43.4 Å². The van der Waals surface area contributed by atoms with Gasteiger partial charge >= 0.3 is 5.97 Å². The lowest BCUT2D eigenvalue weighted by Crippen LogP contribution is -2.25. The minimum atomic E-state index is -0.625. The van der Waals surface area contributed by atoms with Crippen LogP contribution in [0.25, 0.3) is 0 Å². The number of carbonyl (C=O) groups is 2. The summed E-state index contributed by atoms with van der Waals surface area (Å²) in [5, 5.41) is 0. The molecule has 0 unspecified atom stereocenters. The molecule has 11 heavy (non-hydrogen) atoms. The van der Waals surface area contributed by atoms with Gasteiger partial charge in [0, 0.05) is 5.92 Å². The normalized spacial score (nSPS) is 12.8. The number of carbonyl (C=O) groups excluding carboxylic acids is 2. The lowest BCUT2D eigenvalue weighted by Gasteiger charge is -2.09. The second-order valence-corrected chi connectivity index (χ2v) is 2.80. The average Bonchev–Trinajstić information content (AvgIpc) is 2.00. The number of methoxy groups -OCH3 is 1. The van der Waals surface area contributed by atoms with Crippen LogP contribution < -0.4 is 0 Å².